The summed E-state index contributed by atoms with van der Waals surface area (Å²) in [6.07, 6.45) is 1.20. The monoisotopic (exact) mass is 366 g/mol. The first-order valence-corrected chi connectivity index (χ1v) is 9.48. The molecule has 0 saturated heterocycles. The summed E-state index contributed by atoms with van der Waals surface area (Å²) in [6, 6.07) is 19.4. The average molecular weight is 366 g/mol. The summed E-state index contributed by atoms with van der Waals surface area (Å²) in [6.45, 7) is 3.74. The minimum Gasteiger partial charge on any atom is -0.348 e. The molecule has 132 valence electrons. The van der Waals surface area contributed by atoms with Gasteiger partial charge >= 0.3 is 0 Å². The van der Waals surface area contributed by atoms with Gasteiger partial charge in [-0.25, -0.2) is 8.42 Å². The second-order valence-corrected chi connectivity index (χ2v) is 7.35. The number of carbonyl (C=O) groups is 1. The Labute approximate surface area is 152 Å². The first-order valence-electron chi connectivity index (χ1n) is 7.99. The van der Waals surface area contributed by atoms with Crippen LogP contribution in [0.2, 0.25) is 0 Å². The minimum atomic E-state index is -3.72. The molecule has 0 aliphatic carbocycles. The molecule has 0 bridgehead atoms. The molecule has 2 N–H and O–H groups in total. The van der Waals surface area contributed by atoms with Gasteiger partial charge in [-0.2, -0.15) is 0 Å². The van der Waals surface area contributed by atoms with Crippen LogP contribution in [0.15, 0.2) is 84.3 Å². The summed E-state index contributed by atoms with van der Waals surface area (Å²) in [4.78, 5) is 11.4. The molecular weight excluding hydrogens is 348 g/mol. The molecule has 3 aromatic rings. The summed E-state index contributed by atoms with van der Waals surface area (Å²) in [7, 11) is -3.72. The molecule has 26 heavy (non-hydrogen) atoms. The molecule has 1 amide bonds. The number of fused-ring (bicyclic) bond motifs is 1. The van der Waals surface area contributed by atoms with Gasteiger partial charge in [0.2, 0.25) is 5.91 Å². The van der Waals surface area contributed by atoms with Gasteiger partial charge in [-0.15, -0.1) is 0 Å². The van der Waals surface area contributed by atoms with E-state index in [0.29, 0.717) is 17.6 Å². The highest BCUT2D eigenvalue weighted by Crippen LogP contribution is 2.25. The zero-order valence-electron chi connectivity index (χ0n) is 14.0. The van der Waals surface area contributed by atoms with Crippen LogP contribution in [0.4, 0.5) is 5.69 Å². The quantitative estimate of drug-likeness (QED) is 0.656. The van der Waals surface area contributed by atoms with Crippen molar-refractivity contribution in [2.75, 3.05) is 4.72 Å². The molecule has 5 nitrogen and oxygen atoms in total. The Morgan fingerprint density at radius 1 is 0.962 bits per heavy atom. The molecule has 0 radical (unpaired) electrons. The standard InChI is InChI=1S/C20H18N2O3S/c1-2-20(23)21-14-15-10-12-17(13-11-15)22-26(24,25)19-9-5-7-16-6-3-4-8-18(16)19/h2-13,22H,1,14H2,(H,21,23). The highest BCUT2D eigenvalue weighted by atomic mass is 32.2. The highest BCUT2D eigenvalue weighted by molar-refractivity contribution is 7.93. The molecule has 0 atom stereocenters. The lowest BCUT2D eigenvalue weighted by molar-refractivity contribution is -0.116. The number of anilines is 1. The number of nitrogens with one attached hydrogen (secondary N) is 2. The van der Waals surface area contributed by atoms with Gasteiger partial charge in [-0.3, -0.25) is 9.52 Å². The van der Waals surface area contributed by atoms with Crippen LogP contribution in [0.1, 0.15) is 5.56 Å². The third-order valence-electron chi connectivity index (χ3n) is 3.90. The van der Waals surface area contributed by atoms with E-state index in [9.17, 15) is 13.2 Å². The molecule has 0 aliphatic rings. The van der Waals surface area contributed by atoms with Crippen molar-refractivity contribution in [2.45, 2.75) is 11.4 Å². The maximum atomic E-state index is 12.8. The van der Waals surface area contributed by atoms with Crippen molar-refractivity contribution in [3.63, 3.8) is 0 Å². The van der Waals surface area contributed by atoms with Gasteiger partial charge in [0.15, 0.2) is 0 Å². The predicted molar refractivity (Wildman–Crippen MR) is 103 cm³/mol. The summed E-state index contributed by atoms with van der Waals surface area (Å²) in [5.74, 6) is -0.259. The smallest absolute Gasteiger partial charge is 0.262 e. The van der Waals surface area contributed by atoms with E-state index in [1.807, 2.05) is 24.3 Å². The number of hydrogen-bond donors (Lipinski definition) is 2. The normalized spacial score (nSPS) is 11.1. The fourth-order valence-corrected chi connectivity index (χ4v) is 3.88. The number of hydrogen-bond acceptors (Lipinski definition) is 3. The lowest BCUT2D eigenvalue weighted by Crippen LogP contribution is -2.19. The van der Waals surface area contributed by atoms with Gasteiger partial charge in [-0.05, 0) is 35.2 Å². The van der Waals surface area contributed by atoms with Gasteiger partial charge in [0, 0.05) is 17.6 Å². The van der Waals surface area contributed by atoms with E-state index in [0.717, 1.165) is 10.9 Å². The number of carbonyl (C=O) groups excluding carboxylic acids is 1. The van der Waals surface area contributed by atoms with Crippen molar-refractivity contribution in [1.82, 2.24) is 5.32 Å². The van der Waals surface area contributed by atoms with Crippen LogP contribution in [-0.4, -0.2) is 14.3 Å². The van der Waals surface area contributed by atoms with Crippen LogP contribution in [0, 0.1) is 0 Å². The van der Waals surface area contributed by atoms with E-state index < -0.39 is 10.0 Å². The van der Waals surface area contributed by atoms with Crippen molar-refractivity contribution in [3.8, 4) is 0 Å². The first-order chi connectivity index (χ1) is 12.5. The van der Waals surface area contributed by atoms with Gasteiger partial charge in [0.1, 0.15) is 0 Å². The number of amides is 1. The predicted octanol–water partition coefficient (Wildman–Crippen LogP) is 3.44. The average Bonchev–Trinajstić information content (AvgIpc) is 2.66. The first kappa shape index (κ1) is 17.7. The van der Waals surface area contributed by atoms with Gasteiger partial charge in [-0.1, -0.05) is 55.1 Å². The molecular formula is C20H18N2O3S. The van der Waals surface area contributed by atoms with Crippen LogP contribution in [0.5, 0.6) is 0 Å². The Morgan fingerprint density at radius 2 is 1.65 bits per heavy atom. The van der Waals surface area contributed by atoms with Crippen molar-refractivity contribution >= 4 is 32.4 Å². The largest absolute Gasteiger partial charge is 0.348 e. The molecule has 0 fully saturated rings. The lowest BCUT2D eigenvalue weighted by atomic mass is 10.1. The number of rotatable bonds is 6. The maximum Gasteiger partial charge on any atom is 0.262 e. The molecule has 3 rings (SSSR count). The molecule has 3 aromatic carbocycles. The summed E-state index contributed by atoms with van der Waals surface area (Å²) in [5, 5.41) is 4.20. The Balaban J connectivity index is 1.81. The van der Waals surface area contributed by atoms with Crippen LogP contribution in [0.3, 0.4) is 0 Å². The molecule has 6 heteroatoms. The summed E-state index contributed by atoms with van der Waals surface area (Å²) in [5.41, 5.74) is 1.31. The second kappa shape index (κ2) is 7.41. The Kier molecular flexibility index (Phi) is 5.04. The van der Waals surface area contributed by atoms with Crippen LogP contribution >= 0.6 is 0 Å². The van der Waals surface area contributed by atoms with E-state index in [-0.39, 0.29) is 10.8 Å². The molecule has 0 unspecified atom stereocenters. The van der Waals surface area contributed by atoms with Crippen molar-refractivity contribution in [3.05, 3.63) is 84.9 Å². The maximum absolute atomic E-state index is 12.8. The van der Waals surface area contributed by atoms with Gasteiger partial charge in [0.25, 0.3) is 10.0 Å². The Bertz CT molecular complexity index is 1050. The van der Waals surface area contributed by atoms with Gasteiger partial charge in [0.05, 0.1) is 4.90 Å². The van der Waals surface area contributed by atoms with Crippen LogP contribution in [-0.2, 0) is 21.4 Å². The number of sulfonamides is 1. The zero-order valence-corrected chi connectivity index (χ0v) is 14.8. The molecule has 0 aromatic heterocycles. The zero-order chi connectivity index (χ0) is 18.6. The SMILES string of the molecule is C=CC(=O)NCc1ccc(NS(=O)(=O)c2cccc3ccccc23)cc1. The van der Waals surface area contributed by atoms with E-state index in [1.54, 1.807) is 42.5 Å². The van der Waals surface area contributed by atoms with Crippen molar-refractivity contribution in [2.24, 2.45) is 0 Å². The third-order valence-corrected chi connectivity index (χ3v) is 5.34. The molecule has 0 spiro atoms. The van der Waals surface area contributed by atoms with E-state index in [2.05, 4.69) is 16.6 Å². The van der Waals surface area contributed by atoms with E-state index in [1.165, 1.54) is 6.08 Å². The van der Waals surface area contributed by atoms with Crippen LogP contribution < -0.4 is 10.0 Å². The van der Waals surface area contributed by atoms with E-state index >= 15 is 0 Å². The summed E-state index contributed by atoms with van der Waals surface area (Å²) < 4.78 is 28.1. The van der Waals surface area contributed by atoms with Crippen LogP contribution in [0.25, 0.3) is 10.8 Å². The van der Waals surface area contributed by atoms with Gasteiger partial charge < -0.3 is 5.32 Å². The molecule has 0 saturated carbocycles. The van der Waals surface area contributed by atoms with Crippen molar-refractivity contribution in [1.29, 1.82) is 0 Å². The third kappa shape index (κ3) is 3.92. The Hall–Kier alpha value is -3.12. The van der Waals surface area contributed by atoms with E-state index in [4.69, 9.17) is 0 Å². The number of benzene rings is 3. The molecule has 0 aliphatic heterocycles. The summed E-state index contributed by atoms with van der Waals surface area (Å²) >= 11 is 0. The topological polar surface area (TPSA) is 75.3 Å². The fourth-order valence-electron chi connectivity index (χ4n) is 2.59. The second-order valence-electron chi connectivity index (χ2n) is 5.70. The fraction of sp³-hybridized carbons (Fsp3) is 0.0500. The lowest BCUT2D eigenvalue weighted by Gasteiger charge is -2.11. The van der Waals surface area contributed by atoms with Crippen molar-refractivity contribution < 1.29 is 13.2 Å². The highest BCUT2D eigenvalue weighted by Gasteiger charge is 2.17. The minimum absolute atomic E-state index is 0.234. The molecule has 0 heterocycles. The Morgan fingerprint density at radius 3 is 2.38 bits per heavy atom.